The van der Waals surface area contributed by atoms with Gasteiger partial charge in [0.15, 0.2) is 5.96 Å². The van der Waals surface area contributed by atoms with E-state index in [1.54, 1.807) is 0 Å². The lowest BCUT2D eigenvalue weighted by Gasteiger charge is -2.25. The average Bonchev–Trinajstić information content (AvgIpc) is 3.01. The van der Waals surface area contributed by atoms with Crippen LogP contribution in [0.25, 0.3) is 0 Å². The van der Waals surface area contributed by atoms with Crippen LogP contribution in [0.2, 0.25) is 0 Å². The molecular formula is C17H27N3O2. The van der Waals surface area contributed by atoms with Crippen LogP contribution in [0.15, 0.2) is 35.3 Å². The molecule has 1 fully saturated rings. The van der Waals surface area contributed by atoms with Gasteiger partial charge in [-0.2, -0.15) is 0 Å². The SMILES string of the molecule is CN=C(NCC(C)Oc1ccccc1)N(C)CC1CCOC1. The van der Waals surface area contributed by atoms with Crippen molar-refractivity contribution in [3.05, 3.63) is 30.3 Å². The number of guanidine groups is 1. The maximum atomic E-state index is 5.87. The molecule has 2 unspecified atom stereocenters. The van der Waals surface area contributed by atoms with Gasteiger partial charge in [0.2, 0.25) is 0 Å². The molecule has 5 nitrogen and oxygen atoms in total. The monoisotopic (exact) mass is 305 g/mol. The summed E-state index contributed by atoms with van der Waals surface area (Å²) in [6, 6.07) is 9.88. The van der Waals surface area contributed by atoms with Gasteiger partial charge in [0.25, 0.3) is 0 Å². The third kappa shape index (κ3) is 5.22. The van der Waals surface area contributed by atoms with Crippen molar-refractivity contribution in [2.45, 2.75) is 19.4 Å². The van der Waals surface area contributed by atoms with Crippen LogP contribution in [0, 0.1) is 5.92 Å². The molecule has 0 radical (unpaired) electrons. The van der Waals surface area contributed by atoms with Gasteiger partial charge in [-0.25, -0.2) is 0 Å². The van der Waals surface area contributed by atoms with Gasteiger partial charge in [-0.05, 0) is 25.5 Å². The molecule has 0 saturated carbocycles. The van der Waals surface area contributed by atoms with Crippen LogP contribution in [-0.4, -0.2) is 57.4 Å². The Labute approximate surface area is 133 Å². The minimum absolute atomic E-state index is 0.0716. The van der Waals surface area contributed by atoms with Gasteiger partial charge in [0.1, 0.15) is 11.9 Å². The van der Waals surface area contributed by atoms with E-state index < -0.39 is 0 Å². The van der Waals surface area contributed by atoms with Crippen molar-refractivity contribution in [3.8, 4) is 5.75 Å². The maximum absolute atomic E-state index is 5.87. The van der Waals surface area contributed by atoms with Crippen molar-refractivity contribution in [2.24, 2.45) is 10.9 Å². The third-order valence-corrected chi connectivity index (χ3v) is 3.76. The van der Waals surface area contributed by atoms with E-state index in [4.69, 9.17) is 9.47 Å². The summed E-state index contributed by atoms with van der Waals surface area (Å²) in [6.45, 7) is 5.47. The number of benzene rings is 1. The zero-order valence-electron chi connectivity index (χ0n) is 13.8. The van der Waals surface area contributed by atoms with Gasteiger partial charge >= 0.3 is 0 Å². The third-order valence-electron chi connectivity index (χ3n) is 3.76. The molecule has 0 bridgehead atoms. The molecule has 0 aromatic heterocycles. The van der Waals surface area contributed by atoms with Crippen molar-refractivity contribution in [1.82, 2.24) is 10.2 Å². The lowest BCUT2D eigenvalue weighted by molar-refractivity contribution is 0.180. The van der Waals surface area contributed by atoms with E-state index in [1.807, 2.05) is 37.4 Å². The van der Waals surface area contributed by atoms with Gasteiger partial charge in [0, 0.05) is 33.2 Å². The molecule has 1 N–H and O–H groups in total. The molecule has 122 valence electrons. The molecule has 1 aromatic carbocycles. The smallest absolute Gasteiger partial charge is 0.193 e. The standard InChI is InChI=1S/C17H27N3O2/c1-14(22-16-7-5-4-6-8-16)11-19-17(18-2)20(3)12-15-9-10-21-13-15/h4-8,14-15H,9-13H2,1-3H3,(H,18,19). The zero-order valence-corrected chi connectivity index (χ0v) is 13.8. The maximum Gasteiger partial charge on any atom is 0.193 e. The highest BCUT2D eigenvalue weighted by molar-refractivity contribution is 5.79. The van der Waals surface area contributed by atoms with Crippen LogP contribution in [0.5, 0.6) is 5.75 Å². The lowest BCUT2D eigenvalue weighted by Crippen LogP contribution is -2.44. The fourth-order valence-electron chi connectivity index (χ4n) is 2.59. The number of nitrogens with one attached hydrogen (secondary N) is 1. The van der Waals surface area contributed by atoms with Crippen LogP contribution in [-0.2, 0) is 4.74 Å². The highest BCUT2D eigenvalue weighted by Gasteiger charge is 2.19. The van der Waals surface area contributed by atoms with Crippen molar-refractivity contribution < 1.29 is 9.47 Å². The Balaban J connectivity index is 1.75. The summed E-state index contributed by atoms with van der Waals surface area (Å²) in [4.78, 5) is 6.51. The van der Waals surface area contributed by atoms with Crippen molar-refractivity contribution >= 4 is 5.96 Å². The second-order valence-corrected chi connectivity index (χ2v) is 5.78. The van der Waals surface area contributed by atoms with E-state index in [-0.39, 0.29) is 6.10 Å². The first-order valence-corrected chi connectivity index (χ1v) is 7.90. The minimum Gasteiger partial charge on any atom is -0.489 e. The number of hydrogen-bond donors (Lipinski definition) is 1. The Morgan fingerprint density at radius 3 is 2.86 bits per heavy atom. The van der Waals surface area contributed by atoms with Gasteiger partial charge in [-0.3, -0.25) is 4.99 Å². The van der Waals surface area contributed by atoms with E-state index in [2.05, 4.69) is 29.2 Å². The lowest BCUT2D eigenvalue weighted by atomic mass is 10.1. The number of rotatable bonds is 6. The van der Waals surface area contributed by atoms with Crippen LogP contribution < -0.4 is 10.1 Å². The summed E-state index contributed by atoms with van der Waals surface area (Å²) >= 11 is 0. The molecule has 1 heterocycles. The van der Waals surface area contributed by atoms with E-state index in [9.17, 15) is 0 Å². The molecule has 22 heavy (non-hydrogen) atoms. The molecule has 0 aliphatic carbocycles. The van der Waals surface area contributed by atoms with Crippen molar-refractivity contribution in [2.75, 3.05) is 40.4 Å². The highest BCUT2D eigenvalue weighted by atomic mass is 16.5. The molecular weight excluding hydrogens is 278 g/mol. The molecule has 1 aliphatic rings. The van der Waals surface area contributed by atoms with Gasteiger partial charge in [-0.15, -0.1) is 0 Å². The summed E-state index contributed by atoms with van der Waals surface area (Å²) < 4.78 is 11.3. The largest absolute Gasteiger partial charge is 0.489 e. The summed E-state index contributed by atoms with van der Waals surface area (Å²) in [5.74, 6) is 2.39. The first-order valence-electron chi connectivity index (χ1n) is 7.90. The summed E-state index contributed by atoms with van der Waals surface area (Å²) in [5.41, 5.74) is 0. The fourth-order valence-corrected chi connectivity index (χ4v) is 2.59. The Morgan fingerprint density at radius 2 is 2.23 bits per heavy atom. The Hall–Kier alpha value is -1.75. The van der Waals surface area contributed by atoms with Gasteiger partial charge < -0.3 is 19.7 Å². The van der Waals surface area contributed by atoms with E-state index in [1.165, 1.54) is 0 Å². The second-order valence-electron chi connectivity index (χ2n) is 5.78. The highest BCUT2D eigenvalue weighted by Crippen LogP contribution is 2.13. The molecule has 1 aliphatic heterocycles. The molecule has 0 spiro atoms. The predicted octanol–water partition coefficient (Wildman–Crippen LogP) is 2.00. The van der Waals surface area contributed by atoms with Gasteiger partial charge in [0.05, 0.1) is 13.2 Å². The summed E-state index contributed by atoms with van der Waals surface area (Å²) in [5, 5.41) is 3.37. The second kappa shape index (κ2) is 8.63. The molecule has 1 saturated heterocycles. The molecule has 5 heteroatoms. The number of aliphatic imine (C=N–C) groups is 1. The van der Waals surface area contributed by atoms with Crippen LogP contribution in [0.4, 0.5) is 0 Å². The Morgan fingerprint density at radius 1 is 1.45 bits per heavy atom. The molecule has 1 aromatic rings. The number of nitrogens with zero attached hydrogens (tertiary/aromatic N) is 2. The predicted molar refractivity (Wildman–Crippen MR) is 89.4 cm³/mol. The quantitative estimate of drug-likeness (QED) is 0.645. The molecule has 2 atom stereocenters. The first kappa shape index (κ1) is 16.6. The van der Waals surface area contributed by atoms with Crippen molar-refractivity contribution in [3.63, 3.8) is 0 Å². The normalized spacial score (nSPS) is 19.8. The molecule has 0 amide bonds. The number of ether oxygens (including phenoxy) is 2. The van der Waals surface area contributed by atoms with E-state index in [0.29, 0.717) is 12.5 Å². The van der Waals surface area contributed by atoms with Crippen LogP contribution in [0.3, 0.4) is 0 Å². The summed E-state index contributed by atoms with van der Waals surface area (Å²) in [6.07, 6.45) is 1.21. The minimum atomic E-state index is 0.0716. The zero-order chi connectivity index (χ0) is 15.8. The van der Waals surface area contributed by atoms with Crippen LogP contribution in [0.1, 0.15) is 13.3 Å². The van der Waals surface area contributed by atoms with E-state index in [0.717, 1.165) is 37.9 Å². The molecule has 2 rings (SSSR count). The average molecular weight is 305 g/mol. The van der Waals surface area contributed by atoms with Crippen molar-refractivity contribution in [1.29, 1.82) is 0 Å². The fraction of sp³-hybridized carbons (Fsp3) is 0.588. The summed E-state index contributed by atoms with van der Waals surface area (Å²) in [7, 11) is 3.88. The van der Waals surface area contributed by atoms with Gasteiger partial charge in [-0.1, -0.05) is 18.2 Å². The first-order chi connectivity index (χ1) is 10.7. The Kier molecular flexibility index (Phi) is 6.52. The Bertz CT molecular complexity index is 458. The van der Waals surface area contributed by atoms with E-state index >= 15 is 0 Å². The number of hydrogen-bond acceptors (Lipinski definition) is 3. The number of para-hydroxylation sites is 1. The topological polar surface area (TPSA) is 46.1 Å². The van der Waals surface area contributed by atoms with Crippen LogP contribution >= 0.6 is 0 Å².